The lowest BCUT2D eigenvalue weighted by Crippen LogP contribution is -2.19. The van der Waals surface area contributed by atoms with Gasteiger partial charge >= 0.3 is 6.03 Å². The second kappa shape index (κ2) is 5.14. The minimum Gasteiger partial charge on any atom is -0.351 e. The lowest BCUT2D eigenvalue weighted by Gasteiger charge is -2.06. The van der Waals surface area contributed by atoms with Gasteiger partial charge in [0.1, 0.15) is 6.29 Å². The number of hydrogen-bond acceptors (Lipinski definition) is 2. The van der Waals surface area contributed by atoms with Gasteiger partial charge in [-0.15, -0.1) is 0 Å². The first kappa shape index (κ1) is 11.2. The minimum absolute atomic E-state index is 0.0196. The SMILES string of the molecule is CC(C=O)Cc1cccc(NC(N)=O)c1. The van der Waals surface area contributed by atoms with Gasteiger partial charge in [0.2, 0.25) is 0 Å². The molecule has 4 heteroatoms. The Morgan fingerprint density at radius 1 is 1.60 bits per heavy atom. The van der Waals surface area contributed by atoms with Crippen LogP contribution >= 0.6 is 0 Å². The van der Waals surface area contributed by atoms with Crippen molar-refractivity contribution in [3.05, 3.63) is 29.8 Å². The van der Waals surface area contributed by atoms with E-state index >= 15 is 0 Å². The predicted molar refractivity (Wildman–Crippen MR) is 58.6 cm³/mol. The van der Waals surface area contributed by atoms with Crippen LogP contribution in [-0.4, -0.2) is 12.3 Å². The zero-order chi connectivity index (χ0) is 11.3. The van der Waals surface area contributed by atoms with E-state index in [2.05, 4.69) is 5.32 Å². The highest BCUT2D eigenvalue weighted by atomic mass is 16.2. The van der Waals surface area contributed by atoms with Gasteiger partial charge in [0.25, 0.3) is 0 Å². The van der Waals surface area contributed by atoms with Crippen molar-refractivity contribution in [2.45, 2.75) is 13.3 Å². The van der Waals surface area contributed by atoms with Crippen molar-refractivity contribution in [3.8, 4) is 0 Å². The van der Waals surface area contributed by atoms with E-state index in [-0.39, 0.29) is 5.92 Å². The van der Waals surface area contributed by atoms with E-state index in [0.717, 1.165) is 11.8 Å². The molecule has 1 aromatic carbocycles. The van der Waals surface area contributed by atoms with Crippen molar-refractivity contribution >= 4 is 18.0 Å². The summed E-state index contributed by atoms with van der Waals surface area (Å²) >= 11 is 0. The smallest absolute Gasteiger partial charge is 0.316 e. The lowest BCUT2D eigenvalue weighted by molar-refractivity contribution is -0.110. The van der Waals surface area contributed by atoms with Crippen LogP contribution in [0, 0.1) is 5.92 Å². The molecule has 0 spiro atoms. The fraction of sp³-hybridized carbons (Fsp3) is 0.273. The zero-order valence-electron chi connectivity index (χ0n) is 8.57. The number of aldehydes is 1. The van der Waals surface area contributed by atoms with Gasteiger partial charge in [-0.25, -0.2) is 4.79 Å². The summed E-state index contributed by atoms with van der Waals surface area (Å²) in [6.45, 7) is 1.85. The van der Waals surface area contributed by atoms with Gasteiger partial charge in [0, 0.05) is 11.6 Å². The first-order chi connectivity index (χ1) is 7.11. The summed E-state index contributed by atoms with van der Waals surface area (Å²) in [6.07, 6.45) is 1.58. The number of amides is 2. The van der Waals surface area contributed by atoms with E-state index in [4.69, 9.17) is 5.73 Å². The molecule has 2 amide bonds. The fourth-order valence-corrected chi connectivity index (χ4v) is 1.34. The number of urea groups is 1. The Hall–Kier alpha value is -1.84. The van der Waals surface area contributed by atoms with E-state index in [1.54, 1.807) is 6.07 Å². The quantitative estimate of drug-likeness (QED) is 0.734. The number of anilines is 1. The molecule has 0 saturated heterocycles. The van der Waals surface area contributed by atoms with Crippen molar-refractivity contribution < 1.29 is 9.59 Å². The minimum atomic E-state index is -0.587. The maximum Gasteiger partial charge on any atom is 0.316 e. The number of nitrogens with one attached hydrogen (secondary N) is 1. The van der Waals surface area contributed by atoms with E-state index < -0.39 is 6.03 Å². The number of hydrogen-bond donors (Lipinski definition) is 2. The maximum atomic E-state index is 10.6. The number of primary amides is 1. The van der Waals surface area contributed by atoms with Crippen molar-refractivity contribution in [2.24, 2.45) is 11.7 Å². The molecule has 4 nitrogen and oxygen atoms in total. The molecule has 0 aromatic heterocycles. The Kier molecular flexibility index (Phi) is 3.85. The third-order valence-corrected chi connectivity index (χ3v) is 1.98. The molecule has 0 bridgehead atoms. The third-order valence-electron chi connectivity index (χ3n) is 1.98. The summed E-state index contributed by atoms with van der Waals surface area (Å²) in [6, 6.07) is 6.70. The van der Waals surface area contributed by atoms with Crippen LogP contribution in [0.15, 0.2) is 24.3 Å². The fourth-order valence-electron chi connectivity index (χ4n) is 1.34. The van der Waals surface area contributed by atoms with Crippen molar-refractivity contribution in [3.63, 3.8) is 0 Å². The molecule has 0 heterocycles. The average molecular weight is 206 g/mol. The van der Waals surface area contributed by atoms with Gasteiger partial charge in [0.15, 0.2) is 0 Å². The van der Waals surface area contributed by atoms with Crippen molar-refractivity contribution in [2.75, 3.05) is 5.32 Å². The molecule has 1 aromatic rings. The van der Waals surface area contributed by atoms with E-state index in [1.807, 2.05) is 25.1 Å². The highest BCUT2D eigenvalue weighted by Crippen LogP contribution is 2.13. The van der Waals surface area contributed by atoms with Gasteiger partial charge in [-0.1, -0.05) is 19.1 Å². The molecular weight excluding hydrogens is 192 g/mol. The summed E-state index contributed by atoms with van der Waals surface area (Å²) in [5.41, 5.74) is 6.65. The molecule has 0 saturated carbocycles. The number of nitrogens with two attached hydrogens (primary N) is 1. The van der Waals surface area contributed by atoms with Crippen LogP contribution in [0.25, 0.3) is 0 Å². The number of carbonyl (C=O) groups excluding carboxylic acids is 2. The summed E-state index contributed by atoms with van der Waals surface area (Å²) < 4.78 is 0. The van der Waals surface area contributed by atoms with Gasteiger partial charge in [-0.05, 0) is 24.1 Å². The molecule has 1 atom stereocenters. The average Bonchev–Trinajstić information content (AvgIpc) is 2.17. The van der Waals surface area contributed by atoms with Crippen LogP contribution in [0.3, 0.4) is 0 Å². The first-order valence-electron chi connectivity index (χ1n) is 4.72. The molecule has 3 N–H and O–H groups in total. The monoisotopic (exact) mass is 206 g/mol. The molecule has 0 radical (unpaired) electrons. The van der Waals surface area contributed by atoms with Crippen molar-refractivity contribution in [1.29, 1.82) is 0 Å². The van der Waals surface area contributed by atoms with Crippen LogP contribution < -0.4 is 11.1 Å². The molecule has 0 aliphatic heterocycles. The summed E-state index contributed by atoms with van der Waals surface area (Å²) in [4.78, 5) is 21.1. The van der Waals surface area contributed by atoms with Crippen LogP contribution in [0.5, 0.6) is 0 Å². The molecule has 15 heavy (non-hydrogen) atoms. The molecule has 1 unspecified atom stereocenters. The van der Waals surface area contributed by atoms with Gasteiger partial charge < -0.3 is 15.8 Å². The Balaban J connectivity index is 2.73. The highest BCUT2D eigenvalue weighted by molar-refractivity contribution is 5.87. The number of carbonyl (C=O) groups is 2. The zero-order valence-corrected chi connectivity index (χ0v) is 8.57. The second-order valence-electron chi connectivity index (χ2n) is 3.51. The second-order valence-corrected chi connectivity index (χ2v) is 3.51. The molecular formula is C11H14N2O2. The summed E-state index contributed by atoms with van der Waals surface area (Å²) in [5.74, 6) is -0.0196. The van der Waals surface area contributed by atoms with E-state index in [1.165, 1.54) is 0 Å². The number of benzene rings is 1. The topological polar surface area (TPSA) is 72.2 Å². The van der Waals surface area contributed by atoms with Crippen LogP contribution in [0.1, 0.15) is 12.5 Å². The third kappa shape index (κ3) is 3.81. The standard InChI is InChI=1S/C11H14N2O2/c1-8(7-14)5-9-3-2-4-10(6-9)13-11(12)15/h2-4,6-8H,5H2,1H3,(H3,12,13,15). The van der Waals surface area contributed by atoms with E-state index in [0.29, 0.717) is 12.1 Å². The predicted octanol–water partition coefficient (Wildman–Crippen LogP) is 1.55. The number of rotatable bonds is 4. The molecule has 1 rings (SSSR count). The van der Waals surface area contributed by atoms with Gasteiger partial charge in [-0.3, -0.25) is 0 Å². The van der Waals surface area contributed by atoms with Crippen LogP contribution in [0.2, 0.25) is 0 Å². The van der Waals surface area contributed by atoms with Crippen LogP contribution in [0.4, 0.5) is 10.5 Å². The normalized spacial score (nSPS) is 11.8. The summed E-state index contributed by atoms with van der Waals surface area (Å²) in [7, 11) is 0. The van der Waals surface area contributed by atoms with Crippen molar-refractivity contribution in [1.82, 2.24) is 0 Å². The summed E-state index contributed by atoms with van der Waals surface area (Å²) in [5, 5.41) is 2.49. The lowest BCUT2D eigenvalue weighted by atomic mass is 10.0. The Labute approximate surface area is 88.5 Å². The van der Waals surface area contributed by atoms with Crippen LogP contribution in [-0.2, 0) is 11.2 Å². The Morgan fingerprint density at radius 2 is 2.33 bits per heavy atom. The Morgan fingerprint density at radius 3 is 2.93 bits per heavy atom. The Bertz CT molecular complexity index is 363. The molecule has 80 valence electrons. The highest BCUT2D eigenvalue weighted by Gasteiger charge is 2.03. The molecule has 0 aliphatic rings. The van der Waals surface area contributed by atoms with Gasteiger partial charge in [0.05, 0.1) is 0 Å². The maximum absolute atomic E-state index is 10.6. The van der Waals surface area contributed by atoms with E-state index in [9.17, 15) is 9.59 Å². The molecule has 0 aliphatic carbocycles. The molecule has 0 fully saturated rings. The largest absolute Gasteiger partial charge is 0.351 e. The first-order valence-corrected chi connectivity index (χ1v) is 4.72. The van der Waals surface area contributed by atoms with Gasteiger partial charge in [-0.2, -0.15) is 0 Å².